The van der Waals surface area contributed by atoms with Gasteiger partial charge in [0.05, 0.1) is 10.0 Å². The number of nitrogens with zero attached hydrogens (tertiary/aromatic N) is 1. The predicted molar refractivity (Wildman–Crippen MR) is 52.2 cm³/mol. The third-order valence-electron chi connectivity index (χ3n) is 1.47. The normalized spacial score (nSPS) is 9.14. The van der Waals surface area contributed by atoms with Crippen molar-refractivity contribution < 1.29 is 14.6 Å². The molecule has 5 heteroatoms. The second-order valence-electron chi connectivity index (χ2n) is 2.40. The molecule has 0 bridgehead atoms. The summed E-state index contributed by atoms with van der Waals surface area (Å²) in [7, 11) is 0. The summed E-state index contributed by atoms with van der Waals surface area (Å²) in [5.74, 6) is -0.547. The number of carboxylic acid groups (broad SMARTS) is 1. The Morgan fingerprint density at radius 3 is 2.86 bits per heavy atom. The molecule has 1 rings (SSSR count). The van der Waals surface area contributed by atoms with Crippen LogP contribution in [0.4, 0.5) is 0 Å². The summed E-state index contributed by atoms with van der Waals surface area (Å²) in [6, 6.07) is 6.17. The van der Waals surface area contributed by atoms with Crippen LogP contribution in [0.15, 0.2) is 22.7 Å². The van der Waals surface area contributed by atoms with Crippen molar-refractivity contribution in [1.29, 1.82) is 5.26 Å². The van der Waals surface area contributed by atoms with Crippen LogP contribution in [-0.2, 0) is 0 Å². The Morgan fingerprint density at radius 1 is 1.64 bits per heavy atom. The Bertz CT molecular complexity index is 398. The number of rotatable bonds is 3. The van der Waals surface area contributed by atoms with Gasteiger partial charge in [0.25, 0.3) is 0 Å². The van der Waals surface area contributed by atoms with Gasteiger partial charge in [-0.2, -0.15) is 5.26 Å². The van der Waals surface area contributed by atoms with E-state index in [4.69, 9.17) is 15.1 Å². The van der Waals surface area contributed by atoms with Crippen molar-refractivity contribution in [3.05, 3.63) is 28.2 Å². The molecule has 0 aromatic heterocycles. The zero-order valence-corrected chi connectivity index (χ0v) is 8.61. The number of nitriles is 1. The zero-order valence-electron chi connectivity index (χ0n) is 7.03. The van der Waals surface area contributed by atoms with E-state index in [1.165, 1.54) is 18.2 Å². The maximum atomic E-state index is 10.6. The first-order valence-corrected chi connectivity index (χ1v) is 4.47. The quantitative estimate of drug-likeness (QED) is 0.898. The summed E-state index contributed by atoms with van der Waals surface area (Å²) in [5, 5.41) is 16.9. The van der Waals surface area contributed by atoms with Crippen LogP contribution in [0, 0.1) is 11.3 Å². The van der Waals surface area contributed by atoms with Crippen molar-refractivity contribution in [3.8, 4) is 11.8 Å². The van der Waals surface area contributed by atoms with Gasteiger partial charge < -0.3 is 9.84 Å². The van der Waals surface area contributed by atoms with E-state index in [9.17, 15) is 4.79 Å². The fourth-order valence-electron chi connectivity index (χ4n) is 0.861. The van der Waals surface area contributed by atoms with Crippen molar-refractivity contribution in [2.45, 2.75) is 0 Å². The van der Waals surface area contributed by atoms with E-state index in [1.54, 1.807) is 0 Å². The van der Waals surface area contributed by atoms with Gasteiger partial charge in [0, 0.05) is 0 Å². The van der Waals surface area contributed by atoms with Gasteiger partial charge >= 0.3 is 5.97 Å². The average molecular weight is 256 g/mol. The maximum absolute atomic E-state index is 10.6. The van der Waals surface area contributed by atoms with E-state index in [0.717, 1.165) is 0 Å². The molecule has 0 fully saturated rings. The Kier molecular flexibility index (Phi) is 3.48. The first kappa shape index (κ1) is 10.5. The van der Waals surface area contributed by atoms with Crippen LogP contribution >= 0.6 is 15.9 Å². The first-order chi connectivity index (χ1) is 6.65. The van der Waals surface area contributed by atoms with E-state index in [2.05, 4.69) is 15.9 Å². The summed E-state index contributed by atoms with van der Waals surface area (Å²) in [5.41, 5.74) is 0.168. The standard InChI is InChI=1S/C9H6BrNO3/c10-7-5-6(9(12)13)1-2-8(7)14-4-3-11/h1-2,5H,4H2,(H,12,13). The Balaban J connectivity index is 2.91. The van der Waals surface area contributed by atoms with Crippen molar-refractivity contribution in [3.63, 3.8) is 0 Å². The fraction of sp³-hybridized carbons (Fsp3) is 0.111. The second kappa shape index (κ2) is 4.63. The van der Waals surface area contributed by atoms with Crippen molar-refractivity contribution in [1.82, 2.24) is 0 Å². The molecule has 0 aliphatic rings. The molecule has 0 saturated heterocycles. The lowest BCUT2D eigenvalue weighted by molar-refractivity contribution is 0.0697. The van der Waals surface area contributed by atoms with Crippen molar-refractivity contribution in [2.24, 2.45) is 0 Å². The van der Waals surface area contributed by atoms with Crippen LogP contribution in [0.2, 0.25) is 0 Å². The molecule has 4 nitrogen and oxygen atoms in total. The zero-order chi connectivity index (χ0) is 10.6. The lowest BCUT2D eigenvalue weighted by atomic mass is 10.2. The number of benzene rings is 1. The summed E-state index contributed by atoms with van der Waals surface area (Å²) < 4.78 is 5.54. The number of aromatic carboxylic acids is 1. The van der Waals surface area contributed by atoms with Gasteiger partial charge in [-0.3, -0.25) is 0 Å². The minimum absolute atomic E-state index is 0.0645. The topological polar surface area (TPSA) is 70.3 Å². The maximum Gasteiger partial charge on any atom is 0.335 e. The molecule has 0 atom stereocenters. The molecular weight excluding hydrogens is 250 g/mol. The molecule has 0 unspecified atom stereocenters. The third-order valence-corrected chi connectivity index (χ3v) is 2.09. The molecular formula is C9H6BrNO3. The van der Waals surface area contributed by atoms with Crippen LogP contribution in [0.5, 0.6) is 5.75 Å². The Morgan fingerprint density at radius 2 is 2.36 bits per heavy atom. The SMILES string of the molecule is N#CCOc1ccc(C(=O)O)cc1Br. The van der Waals surface area contributed by atoms with Crippen molar-refractivity contribution >= 4 is 21.9 Å². The molecule has 72 valence electrons. The summed E-state index contributed by atoms with van der Waals surface area (Å²) >= 11 is 3.15. The number of ether oxygens (including phenoxy) is 1. The molecule has 0 aliphatic carbocycles. The van der Waals surface area contributed by atoms with Gasteiger partial charge in [-0.25, -0.2) is 4.79 Å². The number of hydrogen-bond acceptors (Lipinski definition) is 3. The smallest absolute Gasteiger partial charge is 0.335 e. The van der Waals surface area contributed by atoms with Crippen molar-refractivity contribution in [2.75, 3.05) is 6.61 Å². The molecule has 0 amide bonds. The van der Waals surface area contributed by atoms with Gasteiger partial charge in [0.1, 0.15) is 11.8 Å². The number of halogens is 1. The predicted octanol–water partition coefficient (Wildman–Crippen LogP) is 2.05. The molecule has 0 aliphatic heterocycles. The Hall–Kier alpha value is -1.54. The minimum atomic E-state index is -1.00. The van der Waals surface area contributed by atoms with E-state index in [0.29, 0.717) is 10.2 Å². The summed E-state index contributed by atoms with van der Waals surface area (Å²) in [6.45, 7) is -0.0645. The average Bonchev–Trinajstić information content (AvgIpc) is 2.15. The molecule has 1 aromatic rings. The molecule has 0 spiro atoms. The lowest BCUT2D eigenvalue weighted by Gasteiger charge is -2.04. The van der Waals surface area contributed by atoms with E-state index < -0.39 is 5.97 Å². The number of hydrogen-bond donors (Lipinski definition) is 1. The van der Waals surface area contributed by atoms with Gasteiger partial charge in [0.2, 0.25) is 0 Å². The highest BCUT2D eigenvalue weighted by Crippen LogP contribution is 2.25. The minimum Gasteiger partial charge on any atom is -0.478 e. The molecule has 1 N–H and O–H groups in total. The van der Waals surface area contributed by atoms with Gasteiger partial charge in [-0.15, -0.1) is 0 Å². The highest BCUT2D eigenvalue weighted by Gasteiger charge is 2.06. The lowest BCUT2D eigenvalue weighted by Crippen LogP contribution is -1.98. The van der Waals surface area contributed by atoms with E-state index in [1.807, 2.05) is 6.07 Å². The molecule has 0 radical (unpaired) electrons. The number of carboxylic acids is 1. The van der Waals surface area contributed by atoms with Crippen LogP contribution in [0.25, 0.3) is 0 Å². The monoisotopic (exact) mass is 255 g/mol. The first-order valence-electron chi connectivity index (χ1n) is 3.67. The Labute approximate surface area is 88.9 Å². The molecule has 1 aromatic carbocycles. The van der Waals surface area contributed by atoms with E-state index in [-0.39, 0.29) is 12.2 Å². The van der Waals surface area contributed by atoms with Gasteiger partial charge in [0.15, 0.2) is 6.61 Å². The highest BCUT2D eigenvalue weighted by atomic mass is 79.9. The van der Waals surface area contributed by atoms with Crippen LogP contribution in [0.1, 0.15) is 10.4 Å². The third kappa shape index (κ3) is 2.47. The second-order valence-corrected chi connectivity index (χ2v) is 3.25. The number of carbonyl (C=O) groups is 1. The largest absolute Gasteiger partial charge is 0.478 e. The van der Waals surface area contributed by atoms with Gasteiger partial charge in [-0.05, 0) is 34.1 Å². The summed E-state index contributed by atoms with van der Waals surface area (Å²) in [6.07, 6.45) is 0. The van der Waals surface area contributed by atoms with Crippen LogP contribution < -0.4 is 4.74 Å². The van der Waals surface area contributed by atoms with Crippen LogP contribution in [-0.4, -0.2) is 17.7 Å². The van der Waals surface area contributed by atoms with Gasteiger partial charge in [-0.1, -0.05) is 0 Å². The fourth-order valence-corrected chi connectivity index (χ4v) is 1.35. The molecule has 14 heavy (non-hydrogen) atoms. The molecule has 0 saturated carbocycles. The molecule has 0 heterocycles. The van der Waals surface area contributed by atoms with E-state index >= 15 is 0 Å². The highest BCUT2D eigenvalue weighted by molar-refractivity contribution is 9.10. The summed E-state index contributed by atoms with van der Waals surface area (Å²) in [4.78, 5) is 10.6. The van der Waals surface area contributed by atoms with Crippen LogP contribution in [0.3, 0.4) is 0 Å².